The average Bonchev–Trinajstić information content (AvgIpc) is 2.87. The Morgan fingerprint density at radius 3 is 2.86 bits per heavy atom. The lowest BCUT2D eigenvalue weighted by molar-refractivity contribution is 0.195. The van der Waals surface area contributed by atoms with E-state index in [1.807, 2.05) is 18.2 Å². The topological polar surface area (TPSA) is 91.4 Å². The Labute approximate surface area is 131 Å². The number of amides is 2. The predicted molar refractivity (Wildman–Crippen MR) is 85.6 cm³/mol. The molecule has 1 atom stereocenters. The van der Waals surface area contributed by atoms with Gasteiger partial charge in [-0.2, -0.15) is 0 Å². The maximum atomic E-state index is 12.0. The molecular weight excluding hydrogens is 304 g/mol. The summed E-state index contributed by atoms with van der Waals surface area (Å²) in [4.78, 5) is 17.6. The minimum Gasteiger partial charge on any atom is -0.370 e. The second-order valence-corrected chi connectivity index (χ2v) is 7.62. The van der Waals surface area contributed by atoms with Gasteiger partial charge < -0.3 is 15.5 Å². The van der Waals surface area contributed by atoms with E-state index in [4.69, 9.17) is 0 Å². The van der Waals surface area contributed by atoms with Crippen LogP contribution in [0.4, 0.5) is 10.6 Å². The Bertz CT molecular complexity index is 591. The van der Waals surface area contributed by atoms with E-state index in [9.17, 15) is 13.2 Å². The maximum absolute atomic E-state index is 12.0. The molecule has 1 fully saturated rings. The summed E-state index contributed by atoms with van der Waals surface area (Å²) in [5.41, 5.74) is 0. The fraction of sp³-hybridized carbons (Fsp3) is 0.571. The Kier molecular flexibility index (Phi) is 5.59. The fourth-order valence-corrected chi connectivity index (χ4v) is 4.11. The van der Waals surface area contributed by atoms with Gasteiger partial charge in [-0.05, 0) is 25.0 Å². The van der Waals surface area contributed by atoms with Crippen molar-refractivity contribution in [1.82, 2.24) is 15.2 Å². The van der Waals surface area contributed by atoms with E-state index < -0.39 is 9.84 Å². The summed E-state index contributed by atoms with van der Waals surface area (Å²) in [7, 11) is -1.33. The molecule has 122 valence electrons. The number of pyridine rings is 1. The zero-order chi connectivity index (χ0) is 16.0. The predicted octanol–water partition coefficient (Wildman–Crippen LogP) is 0.712. The molecule has 8 heteroatoms. The van der Waals surface area contributed by atoms with Gasteiger partial charge in [0.05, 0.1) is 11.5 Å². The number of carbonyl (C=O) groups is 1. The lowest BCUT2D eigenvalue weighted by atomic mass is 10.2. The van der Waals surface area contributed by atoms with Crippen molar-refractivity contribution >= 4 is 21.7 Å². The summed E-state index contributed by atoms with van der Waals surface area (Å²) in [6.45, 7) is 1.24. The maximum Gasteiger partial charge on any atom is 0.317 e. The lowest BCUT2D eigenvalue weighted by Gasteiger charge is -2.23. The van der Waals surface area contributed by atoms with Gasteiger partial charge in [-0.1, -0.05) is 6.07 Å². The van der Waals surface area contributed by atoms with Crippen molar-refractivity contribution in [2.24, 2.45) is 0 Å². The van der Waals surface area contributed by atoms with Gasteiger partial charge in [-0.15, -0.1) is 0 Å². The third-order valence-corrected chi connectivity index (χ3v) is 5.43. The van der Waals surface area contributed by atoms with Gasteiger partial charge >= 0.3 is 6.03 Å². The van der Waals surface area contributed by atoms with Crippen molar-refractivity contribution in [3.8, 4) is 0 Å². The summed E-state index contributed by atoms with van der Waals surface area (Å²) in [5, 5.41) is 5.96. The molecule has 0 bridgehead atoms. The summed E-state index contributed by atoms with van der Waals surface area (Å²) in [5.74, 6) is 1.05. The van der Waals surface area contributed by atoms with Gasteiger partial charge in [-0.25, -0.2) is 18.2 Å². The number of sulfone groups is 1. The van der Waals surface area contributed by atoms with E-state index in [-0.39, 0.29) is 23.6 Å². The number of anilines is 1. The molecule has 1 aromatic rings. The van der Waals surface area contributed by atoms with E-state index in [0.717, 1.165) is 12.2 Å². The molecule has 0 aromatic carbocycles. The third-order valence-electron chi connectivity index (χ3n) is 3.68. The smallest absolute Gasteiger partial charge is 0.317 e. The number of urea groups is 1. The van der Waals surface area contributed by atoms with Crippen LogP contribution in [-0.4, -0.2) is 62.0 Å². The van der Waals surface area contributed by atoms with Crippen LogP contribution < -0.4 is 10.6 Å². The van der Waals surface area contributed by atoms with Crippen molar-refractivity contribution in [2.75, 3.05) is 37.0 Å². The van der Waals surface area contributed by atoms with Crippen molar-refractivity contribution in [3.05, 3.63) is 24.4 Å². The van der Waals surface area contributed by atoms with Crippen molar-refractivity contribution in [1.29, 1.82) is 0 Å². The Morgan fingerprint density at radius 2 is 2.23 bits per heavy atom. The van der Waals surface area contributed by atoms with E-state index >= 15 is 0 Å². The highest BCUT2D eigenvalue weighted by molar-refractivity contribution is 7.91. The SMILES string of the molecule is CN(C(=O)NCCCNc1ccccn1)C1CCS(=O)(=O)C1. The molecular formula is C14H22N4O3S. The standard InChI is InChI=1S/C14H22N4O3S/c1-18(12-6-10-22(20,21)11-12)14(19)17-9-4-8-16-13-5-2-3-7-15-13/h2-3,5,7,12H,4,6,8-11H2,1H3,(H,15,16)(H,17,19). The molecule has 2 N–H and O–H groups in total. The van der Waals surface area contributed by atoms with Gasteiger partial charge in [0, 0.05) is 32.4 Å². The van der Waals surface area contributed by atoms with Crippen LogP contribution in [0, 0.1) is 0 Å². The molecule has 2 rings (SSSR count). The number of nitrogens with zero attached hydrogens (tertiary/aromatic N) is 2. The molecule has 1 saturated heterocycles. The molecule has 1 aromatic heterocycles. The second-order valence-electron chi connectivity index (χ2n) is 5.40. The summed E-state index contributed by atoms with van der Waals surface area (Å²) < 4.78 is 22.9. The van der Waals surface area contributed by atoms with Crippen LogP contribution in [0.25, 0.3) is 0 Å². The minimum absolute atomic E-state index is 0.0676. The second kappa shape index (κ2) is 7.44. The van der Waals surface area contributed by atoms with Gasteiger partial charge in [0.25, 0.3) is 0 Å². The van der Waals surface area contributed by atoms with Crippen LogP contribution in [-0.2, 0) is 9.84 Å². The quantitative estimate of drug-likeness (QED) is 0.751. The Hall–Kier alpha value is -1.83. The number of nitrogens with one attached hydrogen (secondary N) is 2. The van der Waals surface area contributed by atoms with Gasteiger partial charge in [-0.3, -0.25) is 0 Å². The molecule has 0 radical (unpaired) electrons. The molecule has 2 amide bonds. The van der Waals surface area contributed by atoms with Crippen LogP contribution >= 0.6 is 0 Å². The number of carbonyl (C=O) groups excluding carboxylic acids is 1. The zero-order valence-corrected chi connectivity index (χ0v) is 13.5. The van der Waals surface area contributed by atoms with E-state index in [1.54, 1.807) is 13.2 Å². The fourth-order valence-electron chi connectivity index (χ4n) is 2.34. The highest BCUT2D eigenvalue weighted by atomic mass is 32.2. The number of aromatic nitrogens is 1. The van der Waals surface area contributed by atoms with E-state index in [0.29, 0.717) is 19.5 Å². The monoisotopic (exact) mass is 326 g/mol. The molecule has 0 spiro atoms. The molecule has 7 nitrogen and oxygen atoms in total. The van der Waals surface area contributed by atoms with Crippen LogP contribution in [0.3, 0.4) is 0 Å². The van der Waals surface area contributed by atoms with Crippen LogP contribution in [0.2, 0.25) is 0 Å². The molecule has 1 aliphatic heterocycles. The van der Waals surface area contributed by atoms with Gasteiger partial charge in [0.1, 0.15) is 5.82 Å². The molecule has 1 aliphatic rings. The minimum atomic E-state index is -2.97. The Balaban J connectivity index is 1.63. The number of rotatable bonds is 6. The summed E-state index contributed by atoms with van der Waals surface area (Å²) in [6.07, 6.45) is 3.00. The van der Waals surface area contributed by atoms with Crippen LogP contribution in [0.1, 0.15) is 12.8 Å². The van der Waals surface area contributed by atoms with E-state index in [2.05, 4.69) is 15.6 Å². The number of hydrogen-bond donors (Lipinski definition) is 2. The average molecular weight is 326 g/mol. The van der Waals surface area contributed by atoms with Crippen molar-refractivity contribution < 1.29 is 13.2 Å². The first-order chi connectivity index (χ1) is 10.5. The Morgan fingerprint density at radius 1 is 1.41 bits per heavy atom. The normalized spacial score (nSPS) is 19.6. The largest absolute Gasteiger partial charge is 0.370 e. The molecule has 2 heterocycles. The van der Waals surface area contributed by atoms with Gasteiger partial charge in [0.15, 0.2) is 9.84 Å². The van der Waals surface area contributed by atoms with Crippen molar-refractivity contribution in [2.45, 2.75) is 18.9 Å². The van der Waals surface area contributed by atoms with E-state index in [1.165, 1.54) is 4.90 Å². The molecule has 0 aliphatic carbocycles. The first-order valence-electron chi connectivity index (χ1n) is 7.34. The van der Waals surface area contributed by atoms with Crippen LogP contribution in [0.5, 0.6) is 0 Å². The highest BCUT2D eigenvalue weighted by Crippen LogP contribution is 2.16. The number of hydrogen-bond acceptors (Lipinski definition) is 5. The zero-order valence-electron chi connectivity index (χ0n) is 12.7. The molecule has 0 saturated carbocycles. The first-order valence-corrected chi connectivity index (χ1v) is 9.16. The summed E-state index contributed by atoms with van der Waals surface area (Å²) in [6, 6.07) is 5.20. The summed E-state index contributed by atoms with van der Waals surface area (Å²) >= 11 is 0. The van der Waals surface area contributed by atoms with Crippen LogP contribution in [0.15, 0.2) is 24.4 Å². The lowest BCUT2D eigenvalue weighted by Crippen LogP contribution is -2.44. The highest BCUT2D eigenvalue weighted by Gasteiger charge is 2.32. The molecule has 22 heavy (non-hydrogen) atoms. The molecule has 1 unspecified atom stereocenters. The first kappa shape index (κ1) is 16.5. The van der Waals surface area contributed by atoms with Gasteiger partial charge in [0.2, 0.25) is 0 Å². The van der Waals surface area contributed by atoms with Crippen molar-refractivity contribution in [3.63, 3.8) is 0 Å². The third kappa shape index (κ3) is 4.87.